The molecule has 0 saturated carbocycles. The number of oxime groups is 1. The second-order valence-electron chi connectivity index (χ2n) is 3.14. The van der Waals surface area contributed by atoms with E-state index in [-0.39, 0.29) is 0 Å². The molecular formula is C10H11N3OS. The number of hydrogen-bond acceptors (Lipinski definition) is 5. The van der Waals surface area contributed by atoms with Crippen LogP contribution in [-0.4, -0.2) is 16.4 Å². The summed E-state index contributed by atoms with van der Waals surface area (Å²) in [6, 6.07) is 3.92. The molecule has 3 N–H and O–H groups in total. The summed E-state index contributed by atoms with van der Waals surface area (Å²) >= 11 is 1.41. The summed E-state index contributed by atoms with van der Waals surface area (Å²) in [5, 5.41) is 12.2. The Kier molecular flexibility index (Phi) is 2.55. The zero-order valence-corrected chi connectivity index (χ0v) is 9.08. The SMILES string of the molecule is CCc1ccc2nc(N)sc2c1/C=N/O. The van der Waals surface area contributed by atoms with Gasteiger partial charge in [-0.05, 0) is 18.1 Å². The average Bonchev–Trinajstić information content (AvgIpc) is 2.60. The van der Waals surface area contributed by atoms with Gasteiger partial charge in [-0.1, -0.05) is 29.5 Å². The quantitative estimate of drug-likeness (QED) is 0.464. The van der Waals surface area contributed by atoms with Gasteiger partial charge in [-0.15, -0.1) is 0 Å². The number of rotatable bonds is 2. The van der Waals surface area contributed by atoms with Gasteiger partial charge in [0.25, 0.3) is 0 Å². The number of nitrogen functional groups attached to an aromatic ring is 1. The van der Waals surface area contributed by atoms with Gasteiger partial charge in [0.15, 0.2) is 5.13 Å². The zero-order chi connectivity index (χ0) is 10.8. The Labute approximate surface area is 91.1 Å². The van der Waals surface area contributed by atoms with Gasteiger partial charge in [0, 0.05) is 5.56 Å². The van der Waals surface area contributed by atoms with Crippen LogP contribution in [0.2, 0.25) is 0 Å². The van der Waals surface area contributed by atoms with E-state index in [2.05, 4.69) is 17.1 Å². The molecule has 5 heteroatoms. The largest absolute Gasteiger partial charge is 0.411 e. The molecule has 0 aliphatic heterocycles. The first-order chi connectivity index (χ1) is 7.26. The molecule has 15 heavy (non-hydrogen) atoms. The molecule has 0 aliphatic rings. The van der Waals surface area contributed by atoms with E-state index >= 15 is 0 Å². The molecule has 0 spiro atoms. The lowest BCUT2D eigenvalue weighted by Crippen LogP contribution is -1.91. The summed E-state index contributed by atoms with van der Waals surface area (Å²) in [5.74, 6) is 0. The Bertz CT molecular complexity index is 519. The van der Waals surface area contributed by atoms with Crippen molar-refractivity contribution in [1.82, 2.24) is 4.98 Å². The van der Waals surface area contributed by atoms with E-state index < -0.39 is 0 Å². The van der Waals surface area contributed by atoms with Crippen LogP contribution in [0.1, 0.15) is 18.1 Å². The highest BCUT2D eigenvalue weighted by Crippen LogP contribution is 2.28. The first-order valence-electron chi connectivity index (χ1n) is 4.61. The van der Waals surface area contributed by atoms with Crippen molar-refractivity contribution in [3.8, 4) is 0 Å². The van der Waals surface area contributed by atoms with Crippen molar-refractivity contribution >= 4 is 32.9 Å². The maximum atomic E-state index is 8.63. The van der Waals surface area contributed by atoms with E-state index in [1.54, 1.807) is 0 Å². The number of benzene rings is 1. The third-order valence-electron chi connectivity index (χ3n) is 2.27. The summed E-state index contributed by atoms with van der Waals surface area (Å²) in [6.07, 6.45) is 2.33. The molecule has 0 saturated heterocycles. The molecular weight excluding hydrogens is 210 g/mol. The third-order valence-corrected chi connectivity index (χ3v) is 3.20. The summed E-state index contributed by atoms with van der Waals surface area (Å²) in [7, 11) is 0. The van der Waals surface area contributed by atoms with Gasteiger partial charge >= 0.3 is 0 Å². The first kappa shape index (κ1) is 9.92. The van der Waals surface area contributed by atoms with E-state index in [9.17, 15) is 0 Å². The lowest BCUT2D eigenvalue weighted by molar-refractivity contribution is 0.322. The van der Waals surface area contributed by atoms with Crippen LogP contribution in [0.5, 0.6) is 0 Å². The molecule has 2 rings (SSSR count). The van der Waals surface area contributed by atoms with Gasteiger partial charge < -0.3 is 10.9 Å². The Morgan fingerprint density at radius 1 is 1.60 bits per heavy atom. The maximum absolute atomic E-state index is 8.63. The molecule has 1 aromatic carbocycles. The smallest absolute Gasteiger partial charge is 0.181 e. The fourth-order valence-corrected chi connectivity index (χ4v) is 2.44. The predicted molar refractivity (Wildman–Crippen MR) is 62.8 cm³/mol. The highest BCUT2D eigenvalue weighted by atomic mass is 32.1. The number of fused-ring (bicyclic) bond motifs is 1. The van der Waals surface area contributed by atoms with E-state index in [1.165, 1.54) is 17.6 Å². The molecule has 1 heterocycles. The topological polar surface area (TPSA) is 71.5 Å². The number of aryl methyl sites for hydroxylation is 1. The molecule has 0 radical (unpaired) electrons. The van der Waals surface area contributed by atoms with Gasteiger partial charge in [0.2, 0.25) is 0 Å². The molecule has 78 valence electrons. The van der Waals surface area contributed by atoms with Crippen LogP contribution in [0.25, 0.3) is 10.2 Å². The van der Waals surface area contributed by atoms with Crippen LogP contribution in [0.4, 0.5) is 5.13 Å². The van der Waals surface area contributed by atoms with Crippen molar-refractivity contribution in [2.75, 3.05) is 5.73 Å². The van der Waals surface area contributed by atoms with Crippen LogP contribution in [0.3, 0.4) is 0 Å². The van der Waals surface area contributed by atoms with Crippen LogP contribution in [-0.2, 0) is 6.42 Å². The monoisotopic (exact) mass is 221 g/mol. The minimum atomic E-state index is 0.533. The van der Waals surface area contributed by atoms with Crippen molar-refractivity contribution < 1.29 is 5.21 Å². The predicted octanol–water partition coefficient (Wildman–Crippen LogP) is 2.25. The minimum absolute atomic E-state index is 0.533. The Balaban J connectivity index is 2.77. The Morgan fingerprint density at radius 3 is 3.07 bits per heavy atom. The molecule has 0 atom stereocenters. The van der Waals surface area contributed by atoms with Crippen molar-refractivity contribution in [1.29, 1.82) is 0 Å². The lowest BCUT2D eigenvalue weighted by Gasteiger charge is -2.02. The number of nitrogens with zero attached hydrogens (tertiary/aromatic N) is 2. The Morgan fingerprint density at radius 2 is 2.40 bits per heavy atom. The van der Waals surface area contributed by atoms with Gasteiger partial charge in [0.1, 0.15) is 0 Å². The van der Waals surface area contributed by atoms with E-state index in [0.29, 0.717) is 5.13 Å². The van der Waals surface area contributed by atoms with Gasteiger partial charge in [-0.2, -0.15) is 0 Å². The highest BCUT2D eigenvalue weighted by Gasteiger charge is 2.08. The fourth-order valence-electron chi connectivity index (χ4n) is 1.58. The van der Waals surface area contributed by atoms with E-state index in [4.69, 9.17) is 10.9 Å². The molecule has 2 aromatic rings. The highest BCUT2D eigenvalue weighted by molar-refractivity contribution is 7.22. The maximum Gasteiger partial charge on any atom is 0.181 e. The summed E-state index contributed by atoms with van der Waals surface area (Å²) in [4.78, 5) is 4.18. The first-order valence-corrected chi connectivity index (χ1v) is 5.43. The van der Waals surface area contributed by atoms with Crippen LogP contribution in [0, 0.1) is 0 Å². The summed E-state index contributed by atoms with van der Waals surface area (Å²) in [5.41, 5.74) is 8.54. The number of anilines is 1. The minimum Gasteiger partial charge on any atom is -0.411 e. The number of hydrogen-bond donors (Lipinski definition) is 2. The molecule has 0 amide bonds. The third kappa shape index (κ3) is 1.66. The Hall–Kier alpha value is -1.62. The second kappa shape index (κ2) is 3.86. The number of aromatic nitrogens is 1. The molecule has 0 unspecified atom stereocenters. The second-order valence-corrected chi connectivity index (χ2v) is 4.17. The number of thiazole rings is 1. The van der Waals surface area contributed by atoms with Gasteiger partial charge in [-0.3, -0.25) is 0 Å². The van der Waals surface area contributed by atoms with Crippen molar-refractivity contribution in [3.05, 3.63) is 23.3 Å². The van der Waals surface area contributed by atoms with E-state index in [1.807, 2.05) is 12.1 Å². The normalized spacial score (nSPS) is 11.5. The van der Waals surface area contributed by atoms with Crippen LogP contribution >= 0.6 is 11.3 Å². The van der Waals surface area contributed by atoms with Crippen molar-refractivity contribution in [2.24, 2.45) is 5.16 Å². The van der Waals surface area contributed by atoms with Gasteiger partial charge in [0.05, 0.1) is 16.4 Å². The lowest BCUT2D eigenvalue weighted by atomic mass is 10.1. The van der Waals surface area contributed by atoms with Crippen LogP contribution < -0.4 is 5.73 Å². The zero-order valence-electron chi connectivity index (χ0n) is 8.27. The molecule has 0 bridgehead atoms. The summed E-state index contributed by atoms with van der Waals surface area (Å²) in [6.45, 7) is 2.06. The molecule has 1 aromatic heterocycles. The van der Waals surface area contributed by atoms with Crippen molar-refractivity contribution in [3.63, 3.8) is 0 Å². The summed E-state index contributed by atoms with van der Waals surface area (Å²) < 4.78 is 0.977. The van der Waals surface area contributed by atoms with Gasteiger partial charge in [-0.25, -0.2) is 4.98 Å². The molecule has 0 aliphatic carbocycles. The molecule has 4 nitrogen and oxygen atoms in total. The average molecular weight is 221 g/mol. The molecule has 0 fully saturated rings. The fraction of sp³-hybridized carbons (Fsp3) is 0.200. The standard InChI is InChI=1S/C10H11N3OS/c1-2-6-3-4-8-9(7(6)5-12-14)15-10(11)13-8/h3-5,14H,2H2,1H3,(H2,11,13)/b12-5+. The van der Waals surface area contributed by atoms with Crippen LogP contribution in [0.15, 0.2) is 17.3 Å². The number of nitrogens with two attached hydrogens (primary N) is 1. The van der Waals surface area contributed by atoms with Crippen molar-refractivity contribution in [2.45, 2.75) is 13.3 Å². The van der Waals surface area contributed by atoms with E-state index in [0.717, 1.165) is 27.8 Å².